The van der Waals surface area contributed by atoms with Crippen LogP contribution in [0.5, 0.6) is 0 Å². The molecule has 0 aliphatic heterocycles. The van der Waals surface area contributed by atoms with Crippen LogP contribution in [0.3, 0.4) is 0 Å². The fourth-order valence-electron chi connectivity index (χ4n) is 1.59. The first-order valence-electron chi connectivity index (χ1n) is 5.60. The van der Waals surface area contributed by atoms with E-state index in [1.807, 2.05) is 37.4 Å². The van der Waals surface area contributed by atoms with Crippen LogP contribution in [0.15, 0.2) is 30.5 Å². The highest BCUT2D eigenvalue weighted by atomic mass is 32.1. The van der Waals surface area contributed by atoms with Gasteiger partial charge in [0.15, 0.2) is 5.11 Å². The van der Waals surface area contributed by atoms with Gasteiger partial charge in [0.25, 0.3) is 0 Å². The number of hydrogen-bond donors (Lipinski definition) is 3. The van der Waals surface area contributed by atoms with Gasteiger partial charge in [-0.15, -0.1) is 0 Å². The molecule has 0 aliphatic carbocycles. The number of hydrogen-bond acceptors (Lipinski definition) is 4. The van der Waals surface area contributed by atoms with E-state index in [0.717, 1.165) is 17.8 Å². The maximum atomic E-state index is 5.84. The minimum absolute atomic E-state index is 0.368. The van der Waals surface area contributed by atoms with Gasteiger partial charge in [-0.05, 0) is 31.3 Å². The van der Waals surface area contributed by atoms with Gasteiger partial charge >= 0.3 is 0 Å². The number of anilines is 2. The molecule has 0 atom stereocenters. The van der Waals surface area contributed by atoms with Crippen LogP contribution in [0.25, 0.3) is 11.3 Å². The predicted molar refractivity (Wildman–Crippen MR) is 78.2 cm³/mol. The number of nitrogens with zero attached hydrogens (tertiary/aromatic N) is 2. The predicted octanol–water partition coefficient (Wildman–Crippen LogP) is 1.46. The van der Waals surface area contributed by atoms with Crippen molar-refractivity contribution >= 4 is 29.0 Å². The normalized spacial score (nSPS) is 10.3. The Bertz CT molecular complexity index is 558. The van der Waals surface area contributed by atoms with Crippen molar-refractivity contribution in [2.45, 2.75) is 6.92 Å². The molecule has 2 rings (SSSR count). The third kappa shape index (κ3) is 2.43. The van der Waals surface area contributed by atoms with E-state index >= 15 is 0 Å². The first-order chi connectivity index (χ1) is 8.61. The van der Waals surface area contributed by atoms with Gasteiger partial charge in [-0.3, -0.25) is 4.57 Å². The zero-order valence-electron chi connectivity index (χ0n) is 10.1. The van der Waals surface area contributed by atoms with E-state index in [-0.39, 0.29) is 0 Å². The number of nitrogens with two attached hydrogens (primary N) is 2. The fourth-order valence-corrected chi connectivity index (χ4v) is 1.88. The van der Waals surface area contributed by atoms with E-state index < -0.39 is 0 Å². The molecule has 0 amide bonds. The highest BCUT2D eigenvalue weighted by Crippen LogP contribution is 2.20. The zero-order chi connectivity index (χ0) is 13.1. The van der Waals surface area contributed by atoms with Gasteiger partial charge < -0.3 is 16.8 Å². The van der Waals surface area contributed by atoms with E-state index in [2.05, 4.69) is 10.3 Å². The summed E-state index contributed by atoms with van der Waals surface area (Å²) in [6.45, 7) is 2.72. The van der Waals surface area contributed by atoms with Crippen LogP contribution in [-0.2, 0) is 0 Å². The third-order valence-corrected chi connectivity index (χ3v) is 2.83. The maximum Gasteiger partial charge on any atom is 0.207 e. The number of thiocarbonyl (C=S) groups is 1. The molecule has 0 aliphatic rings. The highest BCUT2D eigenvalue weighted by Gasteiger charge is 2.09. The van der Waals surface area contributed by atoms with Crippen molar-refractivity contribution in [3.05, 3.63) is 30.5 Å². The molecule has 1 aromatic heterocycles. The molecule has 0 saturated heterocycles. The summed E-state index contributed by atoms with van der Waals surface area (Å²) >= 11 is 5.20. The molecule has 18 heavy (non-hydrogen) atoms. The van der Waals surface area contributed by atoms with Crippen LogP contribution in [0, 0.1) is 0 Å². The smallest absolute Gasteiger partial charge is 0.207 e. The van der Waals surface area contributed by atoms with Crippen LogP contribution in [0.4, 0.5) is 11.6 Å². The molecule has 0 bridgehead atoms. The van der Waals surface area contributed by atoms with E-state index in [0.29, 0.717) is 16.7 Å². The van der Waals surface area contributed by atoms with E-state index in [4.69, 9.17) is 23.7 Å². The van der Waals surface area contributed by atoms with Crippen molar-refractivity contribution in [2.75, 3.05) is 18.0 Å². The van der Waals surface area contributed by atoms with Crippen molar-refractivity contribution in [3.63, 3.8) is 0 Å². The molecule has 5 nitrogen and oxygen atoms in total. The molecule has 6 heteroatoms. The van der Waals surface area contributed by atoms with Crippen molar-refractivity contribution in [2.24, 2.45) is 0 Å². The Morgan fingerprint density at radius 2 is 2.00 bits per heavy atom. The Balaban J connectivity index is 2.34. The number of nitrogens with one attached hydrogen (secondary N) is 1. The minimum Gasteiger partial charge on any atom is -0.399 e. The summed E-state index contributed by atoms with van der Waals surface area (Å²) in [5, 5.41) is 3.58. The van der Waals surface area contributed by atoms with Crippen molar-refractivity contribution in [3.8, 4) is 11.3 Å². The van der Waals surface area contributed by atoms with E-state index in [1.54, 1.807) is 4.57 Å². The Kier molecular flexibility index (Phi) is 3.47. The van der Waals surface area contributed by atoms with Crippen LogP contribution >= 0.6 is 12.2 Å². The van der Waals surface area contributed by atoms with Crippen LogP contribution in [-0.4, -0.2) is 21.2 Å². The number of imidazole rings is 1. The average molecular weight is 261 g/mol. The Morgan fingerprint density at radius 3 is 2.61 bits per heavy atom. The molecule has 1 heterocycles. The largest absolute Gasteiger partial charge is 0.399 e. The quantitative estimate of drug-likeness (QED) is 0.563. The lowest BCUT2D eigenvalue weighted by Crippen LogP contribution is -2.28. The summed E-state index contributed by atoms with van der Waals surface area (Å²) in [4.78, 5) is 4.29. The van der Waals surface area contributed by atoms with Gasteiger partial charge in [0.05, 0.1) is 5.69 Å². The second-order valence-corrected chi connectivity index (χ2v) is 4.20. The molecular formula is C12H15N5S. The molecule has 94 valence electrons. The first kappa shape index (κ1) is 12.4. The van der Waals surface area contributed by atoms with Crippen molar-refractivity contribution in [1.82, 2.24) is 14.9 Å². The van der Waals surface area contributed by atoms with Gasteiger partial charge in [-0.25, -0.2) is 4.98 Å². The van der Waals surface area contributed by atoms with E-state index in [1.165, 1.54) is 0 Å². The Labute approximate surface area is 111 Å². The second kappa shape index (κ2) is 5.05. The SMILES string of the molecule is CCNC(=S)n1cc(-c2ccc(N)cc2)nc1N. The van der Waals surface area contributed by atoms with Crippen LogP contribution in [0.2, 0.25) is 0 Å². The molecule has 0 unspecified atom stereocenters. The molecule has 0 spiro atoms. The molecule has 0 fully saturated rings. The summed E-state index contributed by atoms with van der Waals surface area (Å²) in [6, 6.07) is 7.45. The van der Waals surface area contributed by atoms with Crippen LogP contribution < -0.4 is 16.8 Å². The van der Waals surface area contributed by atoms with Gasteiger partial charge in [-0.2, -0.15) is 0 Å². The van der Waals surface area contributed by atoms with E-state index in [9.17, 15) is 0 Å². The molecular weight excluding hydrogens is 246 g/mol. The minimum atomic E-state index is 0.368. The molecule has 0 radical (unpaired) electrons. The Morgan fingerprint density at radius 1 is 1.33 bits per heavy atom. The first-order valence-corrected chi connectivity index (χ1v) is 6.01. The monoisotopic (exact) mass is 261 g/mol. The summed E-state index contributed by atoms with van der Waals surface area (Å²) in [5.41, 5.74) is 13.9. The summed E-state index contributed by atoms with van der Waals surface area (Å²) in [5.74, 6) is 0.368. The zero-order valence-corrected chi connectivity index (χ0v) is 10.9. The van der Waals surface area contributed by atoms with Gasteiger partial charge in [-0.1, -0.05) is 12.1 Å². The lowest BCUT2D eigenvalue weighted by atomic mass is 10.1. The van der Waals surface area contributed by atoms with Gasteiger partial charge in [0.1, 0.15) is 0 Å². The molecule has 5 N–H and O–H groups in total. The summed E-state index contributed by atoms with van der Waals surface area (Å²) < 4.78 is 1.66. The average Bonchev–Trinajstić information content (AvgIpc) is 2.72. The summed E-state index contributed by atoms with van der Waals surface area (Å²) in [7, 11) is 0. The molecule has 0 saturated carbocycles. The number of rotatable bonds is 2. The number of nitrogen functional groups attached to an aromatic ring is 2. The third-order valence-electron chi connectivity index (χ3n) is 2.49. The van der Waals surface area contributed by atoms with Crippen LogP contribution in [0.1, 0.15) is 6.92 Å². The van der Waals surface area contributed by atoms with Crippen molar-refractivity contribution < 1.29 is 0 Å². The van der Waals surface area contributed by atoms with Gasteiger partial charge in [0.2, 0.25) is 5.95 Å². The fraction of sp³-hybridized carbons (Fsp3) is 0.167. The molecule has 2 aromatic rings. The maximum absolute atomic E-state index is 5.84. The van der Waals surface area contributed by atoms with Crippen molar-refractivity contribution in [1.29, 1.82) is 0 Å². The number of benzene rings is 1. The number of aromatic nitrogens is 2. The highest BCUT2D eigenvalue weighted by molar-refractivity contribution is 7.80. The second-order valence-electron chi connectivity index (χ2n) is 3.81. The molecule has 1 aromatic carbocycles. The topological polar surface area (TPSA) is 81.9 Å². The standard InChI is InChI=1S/C12H15N5S/c1-2-15-12(18)17-7-10(16-11(17)14)8-3-5-9(13)6-4-8/h3-7H,2,13H2,1H3,(H2,14,16)(H,15,18). The lowest BCUT2D eigenvalue weighted by Gasteiger charge is -2.06. The summed E-state index contributed by atoms with van der Waals surface area (Å²) in [6.07, 6.45) is 1.81. The lowest BCUT2D eigenvalue weighted by molar-refractivity contribution is 0.932. The Hall–Kier alpha value is -2.08. The van der Waals surface area contributed by atoms with Gasteiger partial charge in [0, 0.05) is 24.0 Å².